The van der Waals surface area contributed by atoms with Crippen LogP contribution in [0.4, 0.5) is 0 Å². The quantitative estimate of drug-likeness (QED) is 0.893. The summed E-state index contributed by atoms with van der Waals surface area (Å²) < 4.78 is 0. The molecule has 3 heteroatoms. The fourth-order valence-corrected chi connectivity index (χ4v) is 2.58. The molecule has 0 amide bonds. The Hall–Kier alpha value is -1.19. The van der Waals surface area contributed by atoms with Crippen LogP contribution in [0.15, 0.2) is 23.6 Å². The standard InChI is InChI=1S/C14H18N2S/c1-4-12(15)14-16-13(8-17-14)11-6-5-9(2)10(3)7-11/h5-8,12H,4,15H2,1-3H3. The van der Waals surface area contributed by atoms with Gasteiger partial charge in [0.25, 0.3) is 0 Å². The summed E-state index contributed by atoms with van der Waals surface area (Å²) in [4.78, 5) is 4.62. The number of thiazole rings is 1. The van der Waals surface area contributed by atoms with Crippen molar-refractivity contribution in [1.29, 1.82) is 0 Å². The second-order valence-electron chi connectivity index (χ2n) is 4.38. The van der Waals surface area contributed by atoms with Crippen LogP contribution in [0.25, 0.3) is 11.3 Å². The second kappa shape index (κ2) is 4.98. The number of rotatable bonds is 3. The summed E-state index contributed by atoms with van der Waals surface area (Å²) in [5, 5.41) is 3.12. The average Bonchev–Trinajstić information content (AvgIpc) is 2.81. The van der Waals surface area contributed by atoms with Crippen LogP contribution in [0.2, 0.25) is 0 Å². The molecule has 2 N–H and O–H groups in total. The maximum Gasteiger partial charge on any atom is 0.110 e. The number of hydrogen-bond acceptors (Lipinski definition) is 3. The van der Waals surface area contributed by atoms with E-state index in [-0.39, 0.29) is 6.04 Å². The summed E-state index contributed by atoms with van der Waals surface area (Å²) >= 11 is 1.65. The van der Waals surface area contributed by atoms with E-state index in [4.69, 9.17) is 5.73 Å². The molecule has 2 nitrogen and oxygen atoms in total. The van der Waals surface area contributed by atoms with Gasteiger partial charge in [0.2, 0.25) is 0 Å². The first-order chi connectivity index (χ1) is 8.11. The van der Waals surface area contributed by atoms with E-state index < -0.39 is 0 Å². The second-order valence-corrected chi connectivity index (χ2v) is 5.27. The lowest BCUT2D eigenvalue weighted by atomic mass is 10.1. The van der Waals surface area contributed by atoms with E-state index in [1.165, 1.54) is 16.7 Å². The molecule has 1 heterocycles. The monoisotopic (exact) mass is 246 g/mol. The van der Waals surface area contributed by atoms with Gasteiger partial charge in [0, 0.05) is 10.9 Å². The summed E-state index contributed by atoms with van der Waals surface area (Å²) in [5.41, 5.74) is 10.8. The van der Waals surface area contributed by atoms with Crippen molar-refractivity contribution in [1.82, 2.24) is 4.98 Å². The molecule has 0 bridgehead atoms. The molecule has 0 saturated heterocycles. The van der Waals surface area contributed by atoms with Gasteiger partial charge in [-0.1, -0.05) is 19.1 Å². The van der Waals surface area contributed by atoms with Crippen molar-refractivity contribution in [2.75, 3.05) is 0 Å². The van der Waals surface area contributed by atoms with E-state index >= 15 is 0 Å². The van der Waals surface area contributed by atoms with Gasteiger partial charge in [-0.05, 0) is 37.5 Å². The highest BCUT2D eigenvalue weighted by Gasteiger charge is 2.10. The Balaban J connectivity index is 2.33. The van der Waals surface area contributed by atoms with Gasteiger partial charge < -0.3 is 5.73 Å². The molecule has 2 rings (SSSR count). The third-order valence-corrected chi connectivity index (χ3v) is 4.06. The molecule has 0 fully saturated rings. The van der Waals surface area contributed by atoms with Gasteiger partial charge in [0.15, 0.2) is 0 Å². The van der Waals surface area contributed by atoms with Crippen molar-refractivity contribution < 1.29 is 0 Å². The number of aryl methyl sites for hydroxylation is 2. The largest absolute Gasteiger partial charge is 0.322 e. The maximum absolute atomic E-state index is 5.99. The van der Waals surface area contributed by atoms with Crippen LogP contribution in [0.3, 0.4) is 0 Å². The first kappa shape index (κ1) is 12.3. The third kappa shape index (κ3) is 2.56. The SMILES string of the molecule is CCC(N)c1nc(-c2ccc(C)c(C)c2)cs1. The zero-order chi connectivity index (χ0) is 12.4. The van der Waals surface area contributed by atoms with E-state index in [0.29, 0.717) is 0 Å². The van der Waals surface area contributed by atoms with Gasteiger partial charge in [-0.25, -0.2) is 4.98 Å². The summed E-state index contributed by atoms with van der Waals surface area (Å²) in [6, 6.07) is 6.52. The van der Waals surface area contributed by atoms with E-state index in [0.717, 1.165) is 17.1 Å². The fourth-order valence-electron chi connectivity index (χ4n) is 1.67. The highest BCUT2D eigenvalue weighted by atomic mass is 32.1. The van der Waals surface area contributed by atoms with E-state index in [1.54, 1.807) is 11.3 Å². The van der Waals surface area contributed by atoms with Crippen molar-refractivity contribution in [3.8, 4) is 11.3 Å². The Morgan fingerprint density at radius 2 is 2.06 bits per heavy atom. The van der Waals surface area contributed by atoms with Gasteiger partial charge in [0.05, 0.1) is 11.7 Å². The van der Waals surface area contributed by atoms with Gasteiger partial charge in [-0.3, -0.25) is 0 Å². The molecular weight excluding hydrogens is 228 g/mol. The molecule has 0 radical (unpaired) electrons. The fraction of sp³-hybridized carbons (Fsp3) is 0.357. The zero-order valence-electron chi connectivity index (χ0n) is 10.5. The summed E-state index contributed by atoms with van der Waals surface area (Å²) in [7, 11) is 0. The van der Waals surface area contributed by atoms with E-state index in [2.05, 4.69) is 49.3 Å². The van der Waals surface area contributed by atoms with Crippen LogP contribution in [0.5, 0.6) is 0 Å². The number of aromatic nitrogens is 1. The average molecular weight is 246 g/mol. The number of nitrogens with zero attached hydrogens (tertiary/aromatic N) is 1. The smallest absolute Gasteiger partial charge is 0.110 e. The minimum absolute atomic E-state index is 0.0697. The molecule has 1 unspecified atom stereocenters. The number of nitrogens with two attached hydrogens (primary N) is 1. The number of benzene rings is 1. The Morgan fingerprint density at radius 1 is 1.29 bits per heavy atom. The molecule has 0 aliphatic carbocycles. The molecule has 1 atom stereocenters. The predicted octanol–water partition coefficient (Wildman–Crippen LogP) is 3.84. The molecule has 90 valence electrons. The third-order valence-electron chi connectivity index (χ3n) is 3.08. The van der Waals surface area contributed by atoms with Gasteiger partial charge >= 0.3 is 0 Å². The molecule has 0 spiro atoms. The van der Waals surface area contributed by atoms with Crippen molar-refractivity contribution >= 4 is 11.3 Å². The van der Waals surface area contributed by atoms with Crippen molar-refractivity contribution in [3.05, 3.63) is 39.7 Å². The van der Waals surface area contributed by atoms with Crippen LogP contribution in [-0.4, -0.2) is 4.98 Å². The highest BCUT2D eigenvalue weighted by molar-refractivity contribution is 7.10. The first-order valence-corrected chi connectivity index (χ1v) is 6.78. The predicted molar refractivity (Wildman–Crippen MR) is 74.2 cm³/mol. The van der Waals surface area contributed by atoms with Gasteiger partial charge in [0.1, 0.15) is 5.01 Å². The Kier molecular flexibility index (Phi) is 3.60. The molecule has 0 aliphatic rings. The Labute approximate surface area is 107 Å². The lowest BCUT2D eigenvalue weighted by Gasteiger charge is -2.04. The Bertz CT molecular complexity index is 517. The highest BCUT2D eigenvalue weighted by Crippen LogP contribution is 2.26. The van der Waals surface area contributed by atoms with Gasteiger partial charge in [-0.2, -0.15) is 0 Å². The van der Waals surface area contributed by atoms with Crippen LogP contribution in [0.1, 0.15) is 35.5 Å². The summed E-state index contributed by atoms with van der Waals surface area (Å²) in [5.74, 6) is 0. The van der Waals surface area contributed by atoms with Crippen LogP contribution in [-0.2, 0) is 0 Å². The summed E-state index contributed by atoms with van der Waals surface area (Å²) in [6.07, 6.45) is 0.930. The lowest BCUT2D eigenvalue weighted by Crippen LogP contribution is -2.07. The summed E-state index contributed by atoms with van der Waals surface area (Å²) in [6.45, 7) is 6.34. The molecule has 0 aliphatic heterocycles. The minimum Gasteiger partial charge on any atom is -0.322 e. The Morgan fingerprint density at radius 3 is 2.71 bits per heavy atom. The van der Waals surface area contributed by atoms with Crippen molar-refractivity contribution in [2.24, 2.45) is 5.73 Å². The topological polar surface area (TPSA) is 38.9 Å². The molecule has 1 aromatic heterocycles. The van der Waals surface area contributed by atoms with Crippen LogP contribution in [0, 0.1) is 13.8 Å². The first-order valence-electron chi connectivity index (χ1n) is 5.90. The molecule has 1 aromatic carbocycles. The van der Waals surface area contributed by atoms with Crippen LogP contribution < -0.4 is 5.73 Å². The minimum atomic E-state index is 0.0697. The normalized spacial score (nSPS) is 12.7. The van der Waals surface area contributed by atoms with Crippen molar-refractivity contribution in [3.63, 3.8) is 0 Å². The van der Waals surface area contributed by atoms with E-state index in [1.807, 2.05) is 0 Å². The zero-order valence-corrected chi connectivity index (χ0v) is 11.3. The van der Waals surface area contributed by atoms with Gasteiger partial charge in [-0.15, -0.1) is 11.3 Å². The van der Waals surface area contributed by atoms with Crippen molar-refractivity contribution in [2.45, 2.75) is 33.2 Å². The number of hydrogen-bond donors (Lipinski definition) is 1. The molecule has 2 aromatic rings. The molecule has 17 heavy (non-hydrogen) atoms. The van der Waals surface area contributed by atoms with E-state index in [9.17, 15) is 0 Å². The molecule has 0 saturated carbocycles. The lowest BCUT2D eigenvalue weighted by molar-refractivity contribution is 0.693. The van der Waals surface area contributed by atoms with Crippen LogP contribution >= 0.6 is 11.3 Å². The molecular formula is C14H18N2S. The maximum atomic E-state index is 5.99.